The number of Topliss-reactive ketones (excluding diaryl/α,β-unsaturated/α-hetero) is 1. The monoisotopic (exact) mass is 145 g/mol. The van der Waals surface area contributed by atoms with Gasteiger partial charge in [0.1, 0.15) is 5.78 Å². The van der Waals surface area contributed by atoms with Gasteiger partial charge in [0.2, 0.25) is 0 Å². The summed E-state index contributed by atoms with van der Waals surface area (Å²) in [6.45, 7) is 9.13. The van der Waals surface area contributed by atoms with Crippen molar-refractivity contribution in [3.05, 3.63) is 0 Å². The van der Waals surface area contributed by atoms with Gasteiger partial charge in [-0.3, -0.25) is 4.79 Å². The Bertz CT molecular complexity index is 71.7. The Labute approximate surface area is 64.0 Å². The maximum absolute atomic E-state index is 10.3. The van der Waals surface area contributed by atoms with Gasteiger partial charge < -0.3 is 5.32 Å². The molecule has 0 spiro atoms. The molecular formula is C8H19NO. The van der Waals surface area contributed by atoms with Crippen LogP contribution in [0.1, 0.15) is 34.1 Å². The maximum Gasteiger partial charge on any atom is 0.143 e. The van der Waals surface area contributed by atoms with Crippen LogP contribution in [0.4, 0.5) is 0 Å². The van der Waals surface area contributed by atoms with E-state index in [4.69, 9.17) is 0 Å². The molecule has 0 aliphatic rings. The molecule has 0 aliphatic heterocycles. The zero-order valence-electron chi connectivity index (χ0n) is 7.53. The van der Waals surface area contributed by atoms with Gasteiger partial charge in [-0.25, -0.2) is 0 Å². The van der Waals surface area contributed by atoms with E-state index in [1.165, 1.54) is 0 Å². The SMILES string of the molecule is CC.CCCNCC(C)=O. The second-order valence-corrected chi connectivity index (χ2v) is 1.88. The van der Waals surface area contributed by atoms with Crippen molar-refractivity contribution in [1.29, 1.82) is 0 Å². The van der Waals surface area contributed by atoms with Crippen molar-refractivity contribution < 1.29 is 4.79 Å². The summed E-state index contributed by atoms with van der Waals surface area (Å²) in [5, 5.41) is 2.98. The van der Waals surface area contributed by atoms with Gasteiger partial charge in [0, 0.05) is 0 Å². The molecule has 1 N–H and O–H groups in total. The second-order valence-electron chi connectivity index (χ2n) is 1.88. The molecule has 2 heteroatoms. The van der Waals surface area contributed by atoms with Crippen LogP contribution in [-0.2, 0) is 4.79 Å². The molecule has 0 unspecified atom stereocenters. The quantitative estimate of drug-likeness (QED) is 0.609. The van der Waals surface area contributed by atoms with Crippen LogP contribution in [0.5, 0.6) is 0 Å². The van der Waals surface area contributed by atoms with Gasteiger partial charge >= 0.3 is 0 Å². The molecule has 0 atom stereocenters. The number of nitrogens with one attached hydrogen (secondary N) is 1. The summed E-state index contributed by atoms with van der Waals surface area (Å²) in [6, 6.07) is 0. The number of rotatable bonds is 4. The Hall–Kier alpha value is -0.370. The lowest BCUT2D eigenvalue weighted by molar-refractivity contribution is -0.116. The topological polar surface area (TPSA) is 29.1 Å². The fourth-order valence-corrected chi connectivity index (χ4v) is 0.441. The summed E-state index contributed by atoms with van der Waals surface area (Å²) in [5.41, 5.74) is 0. The summed E-state index contributed by atoms with van der Waals surface area (Å²) in [7, 11) is 0. The molecular weight excluding hydrogens is 126 g/mol. The lowest BCUT2D eigenvalue weighted by Crippen LogP contribution is -2.21. The van der Waals surface area contributed by atoms with Crippen molar-refractivity contribution in [2.75, 3.05) is 13.1 Å². The zero-order valence-corrected chi connectivity index (χ0v) is 7.53. The van der Waals surface area contributed by atoms with Gasteiger partial charge in [0.15, 0.2) is 0 Å². The molecule has 0 aromatic rings. The molecule has 0 saturated heterocycles. The van der Waals surface area contributed by atoms with Crippen LogP contribution in [0.3, 0.4) is 0 Å². The lowest BCUT2D eigenvalue weighted by Gasteiger charge is -1.95. The highest BCUT2D eigenvalue weighted by Gasteiger charge is 1.87. The second kappa shape index (κ2) is 11.4. The van der Waals surface area contributed by atoms with Crippen LogP contribution in [0.25, 0.3) is 0 Å². The fourth-order valence-electron chi connectivity index (χ4n) is 0.441. The minimum absolute atomic E-state index is 0.207. The van der Waals surface area contributed by atoms with Gasteiger partial charge in [-0.05, 0) is 19.9 Å². The largest absolute Gasteiger partial charge is 0.310 e. The summed E-state index contributed by atoms with van der Waals surface area (Å²) in [6.07, 6.45) is 1.09. The molecule has 0 radical (unpaired) electrons. The number of hydrogen-bond acceptors (Lipinski definition) is 2. The highest BCUT2D eigenvalue weighted by atomic mass is 16.1. The van der Waals surface area contributed by atoms with E-state index in [-0.39, 0.29) is 5.78 Å². The van der Waals surface area contributed by atoms with E-state index in [0.29, 0.717) is 6.54 Å². The highest BCUT2D eigenvalue weighted by molar-refractivity contribution is 5.77. The molecule has 0 heterocycles. The Morgan fingerprint density at radius 2 is 1.90 bits per heavy atom. The van der Waals surface area contributed by atoms with E-state index in [1.54, 1.807) is 6.92 Å². The first-order chi connectivity index (χ1) is 4.77. The molecule has 0 fully saturated rings. The molecule has 0 amide bonds. The summed E-state index contributed by atoms with van der Waals surface area (Å²) >= 11 is 0. The first kappa shape index (κ1) is 12.3. The average molecular weight is 145 g/mol. The van der Waals surface area contributed by atoms with E-state index in [2.05, 4.69) is 12.2 Å². The Morgan fingerprint density at radius 3 is 2.20 bits per heavy atom. The highest BCUT2D eigenvalue weighted by Crippen LogP contribution is 1.69. The van der Waals surface area contributed by atoms with Gasteiger partial charge in [-0.1, -0.05) is 20.8 Å². The first-order valence-corrected chi connectivity index (χ1v) is 3.97. The summed E-state index contributed by atoms with van der Waals surface area (Å²) < 4.78 is 0. The average Bonchev–Trinajstić information content (AvgIpc) is 1.92. The van der Waals surface area contributed by atoms with Crippen molar-refractivity contribution in [2.24, 2.45) is 0 Å². The van der Waals surface area contributed by atoms with Crippen LogP contribution in [0, 0.1) is 0 Å². The van der Waals surface area contributed by atoms with E-state index < -0.39 is 0 Å². The van der Waals surface area contributed by atoms with E-state index >= 15 is 0 Å². The predicted octanol–water partition coefficient (Wildman–Crippen LogP) is 1.60. The molecule has 0 aliphatic carbocycles. The van der Waals surface area contributed by atoms with Gasteiger partial charge in [0.25, 0.3) is 0 Å². The Balaban J connectivity index is 0. The molecule has 62 valence electrons. The number of hydrogen-bond donors (Lipinski definition) is 1. The standard InChI is InChI=1S/C6H13NO.C2H6/c1-3-4-7-5-6(2)8;1-2/h7H,3-5H2,1-2H3;1-2H3. The summed E-state index contributed by atoms with van der Waals surface area (Å²) in [4.78, 5) is 10.3. The predicted molar refractivity (Wildman–Crippen MR) is 45.2 cm³/mol. The lowest BCUT2D eigenvalue weighted by atomic mass is 10.4. The molecule has 0 rings (SSSR count). The first-order valence-electron chi connectivity index (χ1n) is 3.97. The third kappa shape index (κ3) is 15.6. The number of carbonyl (C=O) groups is 1. The van der Waals surface area contributed by atoms with E-state index in [0.717, 1.165) is 13.0 Å². The maximum atomic E-state index is 10.3. The van der Waals surface area contributed by atoms with Gasteiger partial charge in [0.05, 0.1) is 6.54 Å². The van der Waals surface area contributed by atoms with E-state index in [9.17, 15) is 4.79 Å². The minimum atomic E-state index is 0.207. The minimum Gasteiger partial charge on any atom is -0.310 e. The Morgan fingerprint density at radius 1 is 1.40 bits per heavy atom. The fraction of sp³-hybridized carbons (Fsp3) is 0.875. The zero-order chi connectivity index (χ0) is 8.41. The molecule has 0 saturated carbocycles. The van der Waals surface area contributed by atoms with Crippen molar-refractivity contribution in [3.8, 4) is 0 Å². The molecule has 0 aromatic heterocycles. The molecule has 0 aromatic carbocycles. The van der Waals surface area contributed by atoms with Crippen molar-refractivity contribution in [3.63, 3.8) is 0 Å². The van der Waals surface area contributed by atoms with E-state index in [1.807, 2.05) is 13.8 Å². The summed E-state index contributed by atoms with van der Waals surface area (Å²) in [5.74, 6) is 0.207. The number of ketones is 1. The van der Waals surface area contributed by atoms with Gasteiger partial charge in [-0.15, -0.1) is 0 Å². The van der Waals surface area contributed by atoms with Crippen LogP contribution in [0.2, 0.25) is 0 Å². The third-order valence-electron chi connectivity index (χ3n) is 0.801. The molecule has 2 nitrogen and oxygen atoms in total. The third-order valence-corrected chi connectivity index (χ3v) is 0.801. The van der Waals surface area contributed by atoms with Crippen molar-refractivity contribution >= 4 is 5.78 Å². The van der Waals surface area contributed by atoms with Crippen LogP contribution in [0.15, 0.2) is 0 Å². The number of carbonyl (C=O) groups excluding carboxylic acids is 1. The van der Waals surface area contributed by atoms with Crippen molar-refractivity contribution in [1.82, 2.24) is 5.32 Å². The van der Waals surface area contributed by atoms with Gasteiger partial charge in [-0.2, -0.15) is 0 Å². The van der Waals surface area contributed by atoms with Crippen LogP contribution in [-0.4, -0.2) is 18.9 Å². The Kier molecular flexibility index (Phi) is 14.1. The molecule has 0 bridgehead atoms. The van der Waals surface area contributed by atoms with Crippen LogP contribution < -0.4 is 5.32 Å². The molecule has 10 heavy (non-hydrogen) atoms. The van der Waals surface area contributed by atoms with Crippen LogP contribution >= 0.6 is 0 Å². The van der Waals surface area contributed by atoms with Crippen molar-refractivity contribution in [2.45, 2.75) is 34.1 Å². The normalized spacial score (nSPS) is 8.00. The smallest absolute Gasteiger partial charge is 0.143 e.